The molecule has 0 saturated heterocycles. The maximum Gasteiger partial charge on any atom is 0.143 e. The topological polar surface area (TPSA) is 34.1 Å². The largest absolute Gasteiger partial charge is 0.300 e. The molecule has 22 heavy (non-hydrogen) atoms. The van der Waals surface area contributed by atoms with Crippen LogP contribution in [0.3, 0.4) is 0 Å². The molecule has 124 valence electrons. The highest BCUT2D eigenvalue weighted by atomic mass is 16.1. The van der Waals surface area contributed by atoms with Gasteiger partial charge in [0.2, 0.25) is 0 Å². The van der Waals surface area contributed by atoms with Gasteiger partial charge in [-0.3, -0.25) is 9.59 Å². The van der Waals surface area contributed by atoms with Gasteiger partial charge in [-0.1, -0.05) is 34.9 Å². The summed E-state index contributed by atoms with van der Waals surface area (Å²) in [5, 5.41) is 0. The zero-order chi connectivity index (χ0) is 17.1. The van der Waals surface area contributed by atoms with Crippen molar-refractivity contribution in [3.63, 3.8) is 0 Å². The summed E-state index contributed by atoms with van der Waals surface area (Å²) in [4.78, 5) is 23.4. The van der Waals surface area contributed by atoms with Crippen molar-refractivity contribution >= 4 is 11.6 Å². The third kappa shape index (κ3) is 11.2. The van der Waals surface area contributed by atoms with E-state index in [2.05, 4.69) is 39.0 Å². The van der Waals surface area contributed by atoms with Crippen molar-refractivity contribution in [2.45, 2.75) is 73.6 Å². The van der Waals surface area contributed by atoms with E-state index in [4.69, 9.17) is 0 Å². The highest BCUT2D eigenvalue weighted by molar-refractivity contribution is 5.99. The second kappa shape index (κ2) is 11.2. The minimum atomic E-state index is -0.0720. The van der Waals surface area contributed by atoms with Crippen molar-refractivity contribution in [3.05, 3.63) is 34.9 Å². The molecular formula is C20H32O2. The molecule has 0 aliphatic heterocycles. The Hall–Kier alpha value is -1.44. The van der Waals surface area contributed by atoms with E-state index in [-0.39, 0.29) is 23.9 Å². The molecule has 1 atom stereocenters. The molecular weight excluding hydrogens is 272 g/mol. The maximum atomic E-state index is 12.2. The third-order valence-corrected chi connectivity index (χ3v) is 3.53. The van der Waals surface area contributed by atoms with Gasteiger partial charge in [0.1, 0.15) is 11.6 Å². The first-order valence-electron chi connectivity index (χ1n) is 8.16. The van der Waals surface area contributed by atoms with Crippen molar-refractivity contribution in [1.29, 1.82) is 0 Å². The molecule has 0 rings (SSSR count). The minimum Gasteiger partial charge on any atom is -0.300 e. The van der Waals surface area contributed by atoms with Crippen LogP contribution in [0.4, 0.5) is 0 Å². The van der Waals surface area contributed by atoms with Crippen LogP contribution in [0.15, 0.2) is 34.9 Å². The molecule has 0 spiro atoms. The predicted molar refractivity (Wildman–Crippen MR) is 94.9 cm³/mol. The summed E-state index contributed by atoms with van der Waals surface area (Å²) in [5.74, 6) is -0.0491. The van der Waals surface area contributed by atoms with Crippen molar-refractivity contribution < 1.29 is 9.59 Å². The van der Waals surface area contributed by atoms with Crippen LogP contribution in [0, 0.1) is 5.92 Å². The average molecular weight is 304 g/mol. The monoisotopic (exact) mass is 304 g/mol. The SMILES string of the molecule is CC(=O)CC(=O)C(CC=C(C)C)C/C=C(\C)CCC=C(C)C. The van der Waals surface area contributed by atoms with Gasteiger partial charge in [-0.2, -0.15) is 0 Å². The van der Waals surface area contributed by atoms with Crippen LogP contribution in [-0.2, 0) is 9.59 Å². The van der Waals surface area contributed by atoms with Crippen LogP contribution < -0.4 is 0 Å². The number of ketones is 2. The fourth-order valence-corrected chi connectivity index (χ4v) is 2.16. The quantitative estimate of drug-likeness (QED) is 0.389. The molecule has 0 saturated carbocycles. The molecule has 2 heteroatoms. The van der Waals surface area contributed by atoms with Crippen molar-refractivity contribution in [2.75, 3.05) is 0 Å². The normalized spacial score (nSPS) is 12.5. The van der Waals surface area contributed by atoms with Crippen LogP contribution in [0.5, 0.6) is 0 Å². The predicted octanol–water partition coefficient (Wildman–Crippen LogP) is 5.59. The lowest BCUT2D eigenvalue weighted by molar-refractivity contribution is -0.128. The van der Waals surface area contributed by atoms with E-state index in [9.17, 15) is 9.59 Å². The molecule has 0 N–H and O–H groups in total. The van der Waals surface area contributed by atoms with Gasteiger partial charge in [-0.25, -0.2) is 0 Å². The molecule has 0 heterocycles. The Kier molecular flexibility index (Phi) is 10.4. The zero-order valence-electron chi connectivity index (χ0n) is 15.2. The van der Waals surface area contributed by atoms with Gasteiger partial charge in [0.05, 0.1) is 6.42 Å². The molecule has 0 aromatic heterocycles. The van der Waals surface area contributed by atoms with E-state index in [1.165, 1.54) is 23.6 Å². The standard InChI is InChI=1S/C20H32O2/c1-15(2)8-7-9-17(5)11-13-19(12-10-16(3)4)20(22)14-18(6)21/h8,10-11,19H,7,9,12-14H2,1-6H3/b17-11+. The number of hydrogen-bond donors (Lipinski definition) is 0. The summed E-state index contributed by atoms with van der Waals surface area (Å²) < 4.78 is 0. The van der Waals surface area contributed by atoms with Crippen LogP contribution in [0.2, 0.25) is 0 Å². The number of Topliss-reactive ketones (excluding diaryl/α,β-unsaturated/α-hetero) is 2. The lowest BCUT2D eigenvalue weighted by Crippen LogP contribution is -2.16. The molecule has 0 bridgehead atoms. The molecule has 0 aromatic carbocycles. The molecule has 1 unspecified atom stereocenters. The van der Waals surface area contributed by atoms with Gasteiger partial charge in [0, 0.05) is 5.92 Å². The summed E-state index contributed by atoms with van der Waals surface area (Å²) in [5.41, 5.74) is 3.87. The van der Waals surface area contributed by atoms with E-state index in [0.717, 1.165) is 25.7 Å². The smallest absolute Gasteiger partial charge is 0.143 e. The summed E-state index contributed by atoms with van der Waals surface area (Å²) in [6, 6.07) is 0. The lowest BCUT2D eigenvalue weighted by atomic mass is 9.91. The Labute approximate surface area is 136 Å². The Bertz CT molecular complexity index is 456. The highest BCUT2D eigenvalue weighted by Crippen LogP contribution is 2.18. The second-order valence-corrected chi connectivity index (χ2v) is 6.67. The summed E-state index contributed by atoms with van der Waals surface area (Å²) in [6.07, 6.45) is 10.1. The van der Waals surface area contributed by atoms with Crippen LogP contribution >= 0.6 is 0 Å². The van der Waals surface area contributed by atoms with E-state index in [0.29, 0.717) is 0 Å². The second-order valence-electron chi connectivity index (χ2n) is 6.67. The fourth-order valence-electron chi connectivity index (χ4n) is 2.16. The number of carbonyl (C=O) groups is 2. The van der Waals surface area contributed by atoms with E-state index in [1.807, 2.05) is 13.8 Å². The number of rotatable bonds is 10. The molecule has 2 nitrogen and oxygen atoms in total. The molecule has 0 aromatic rings. The fraction of sp³-hybridized carbons (Fsp3) is 0.600. The molecule has 0 radical (unpaired) electrons. The first-order valence-corrected chi connectivity index (χ1v) is 8.16. The van der Waals surface area contributed by atoms with Crippen molar-refractivity contribution in [3.8, 4) is 0 Å². The van der Waals surface area contributed by atoms with Crippen LogP contribution in [0.25, 0.3) is 0 Å². The van der Waals surface area contributed by atoms with Gasteiger partial charge in [-0.05, 0) is 67.2 Å². The number of carbonyl (C=O) groups excluding carboxylic acids is 2. The van der Waals surface area contributed by atoms with Gasteiger partial charge in [-0.15, -0.1) is 0 Å². The van der Waals surface area contributed by atoms with Crippen LogP contribution in [0.1, 0.15) is 73.6 Å². The summed E-state index contributed by atoms with van der Waals surface area (Å²) >= 11 is 0. The maximum absolute atomic E-state index is 12.2. The molecule has 0 aliphatic carbocycles. The Morgan fingerprint density at radius 3 is 1.86 bits per heavy atom. The lowest BCUT2D eigenvalue weighted by Gasteiger charge is -2.12. The number of hydrogen-bond acceptors (Lipinski definition) is 2. The van der Waals surface area contributed by atoms with E-state index in [1.54, 1.807) is 0 Å². The van der Waals surface area contributed by atoms with Gasteiger partial charge >= 0.3 is 0 Å². The minimum absolute atomic E-state index is 0.0449. The molecule has 0 fully saturated rings. The van der Waals surface area contributed by atoms with Crippen LogP contribution in [-0.4, -0.2) is 11.6 Å². The highest BCUT2D eigenvalue weighted by Gasteiger charge is 2.17. The summed E-state index contributed by atoms with van der Waals surface area (Å²) in [6.45, 7) is 11.9. The van der Waals surface area contributed by atoms with Gasteiger partial charge in [0.15, 0.2) is 0 Å². The molecule has 0 aliphatic rings. The Morgan fingerprint density at radius 2 is 1.36 bits per heavy atom. The van der Waals surface area contributed by atoms with E-state index >= 15 is 0 Å². The Balaban J connectivity index is 4.68. The first kappa shape index (κ1) is 20.6. The summed E-state index contributed by atoms with van der Waals surface area (Å²) in [7, 11) is 0. The Morgan fingerprint density at radius 1 is 0.818 bits per heavy atom. The number of allylic oxidation sites excluding steroid dienone is 6. The van der Waals surface area contributed by atoms with Crippen molar-refractivity contribution in [2.24, 2.45) is 5.92 Å². The van der Waals surface area contributed by atoms with E-state index < -0.39 is 0 Å². The van der Waals surface area contributed by atoms with Crippen molar-refractivity contribution in [1.82, 2.24) is 0 Å². The van der Waals surface area contributed by atoms with Gasteiger partial charge in [0.25, 0.3) is 0 Å². The third-order valence-electron chi connectivity index (χ3n) is 3.53. The zero-order valence-corrected chi connectivity index (χ0v) is 15.2. The molecule has 0 amide bonds. The first-order chi connectivity index (χ1) is 10.2. The average Bonchev–Trinajstić information content (AvgIpc) is 2.36. The van der Waals surface area contributed by atoms with Gasteiger partial charge < -0.3 is 0 Å².